The van der Waals surface area contributed by atoms with Crippen molar-refractivity contribution in [3.05, 3.63) is 12.2 Å². The fourth-order valence-electron chi connectivity index (χ4n) is 4.02. The Hall–Kier alpha value is -0.460. The van der Waals surface area contributed by atoms with Gasteiger partial charge in [-0.3, -0.25) is 0 Å². The molecule has 0 aromatic rings. The molecule has 5 heteroatoms. The van der Waals surface area contributed by atoms with Gasteiger partial charge in [-0.2, -0.15) is 0 Å². The van der Waals surface area contributed by atoms with Crippen molar-refractivity contribution >= 4 is 0 Å². The Morgan fingerprint density at radius 2 is 1.23 bits per heavy atom. The summed E-state index contributed by atoms with van der Waals surface area (Å²) in [5.41, 5.74) is 0. The molecule has 0 bridgehead atoms. The summed E-state index contributed by atoms with van der Waals surface area (Å²) in [6, 6.07) is 0. The van der Waals surface area contributed by atoms with E-state index in [-0.39, 0.29) is 13.2 Å². The summed E-state index contributed by atoms with van der Waals surface area (Å²) in [7, 11) is 0. The van der Waals surface area contributed by atoms with E-state index in [0.29, 0.717) is 6.61 Å². The summed E-state index contributed by atoms with van der Waals surface area (Å²) in [6.45, 7) is 3.22. The summed E-state index contributed by atoms with van der Waals surface area (Å²) in [5.74, 6) is 0. The van der Waals surface area contributed by atoms with Crippen molar-refractivity contribution in [2.45, 2.75) is 134 Å². The van der Waals surface area contributed by atoms with Gasteiger partial charge in [-0.15, -0.1) is 0 Å². The molecule has 4 atom stereocenters. The van der Waals surface area contributed by atoms with E-state index in [4.69, 9.17) is 9.47 Å². The fourth-order valence-corrected chi connectivity index (χ4v) is 4.02. The summed E-state index contributed by atoms with van der Waals surface area (Å²) in [5, 5.41) is 28.9. The van der Waals surface area contributed by atoms with E-state index < -0.39 is 24.4 Å². The molecule has 0 aromatic heterocycles. The van der Waals surface area contributed by atoms with Gasteiger partial charge in [0.2, 0.25) is 0 Å². The van der Waals surface area contributed by atoms with Gasteiger partial charge in [0, 0.05) is 6.61 Å². The van der Waals surface area contributed by atoms with Gasteiger partial charge < -0.3 is 24.8 Å². The highest BCUT2D eigenvalue weighted by Crippen LogP contribution is 2.16. The van der Waals surface area contributed by atoms with Crippen molar-refractivity contribution in [1.82, 2.24) is 0 Å². The van der Waals surface area contributed by atoms with Crippen molar-refractivity contribution < 1.29 is 24.8 Å². The van der Waals surface area contributed by atoms with Gasteiger partial charge >= 0.3 is 0 Å². The molecule has 0 radical (unpaired) electrons. The van der Waals surface area contributed by atoms with Gasteiger partial charge in [0.15, 0.2) is 0 Å². The minimum atomic E-state index is -1.15. The first kappa shape index (κ1) is 28.6. The standard InChI is InChI=1S/C26H50O5/c1-2-3-4-5-6-7-8-9-10-11-12-13-14-15-16-17-18-19-20-30-22-24-26(29)25(28)23(27)21-31-24/h9-10,23-29H,2-8,11-22H2,1H3/b10-9+/t23-,24+,25+,26+/m0/s1. The maximum absolute atomic E-state index is 9.85. The lowest BCUT2D eigenvalue weighted by Gasteiger charge is -2.35. The van der Waals surface area contributed by atoms with E-state index in [0.717, 1.165) is 12.8 Å². The number of ether oxygens (including phenoxy) is 2. The third-order valence-corrected chi connectivity index (χ3v) is 6.19. The van der Waals surface area contributed by atoms with Crippen molar-refractivity contribution in [3.8, 4) is 0 Å². The fraction of sp³-hybridized carbons (Fsp3) is 0.923. The highest BCUT2D eigenvalue weighted by Gasteiger charge is 2.37. The molecule has 5 nitrogen and oxygen atoms in total. The molecule has 184 valence electrons. The Morgan fingerprint density at radius 1 is 0.710 bits per heavy atom. The molecule has 0 saturated carbocycles. The molecular weight excluding hydrogens is 392 g/mol. The Balaban J connectivity index is 1.77. The van der Waals surface area contributed by atoms with Crippen LogP contribution in [0.5, 0.6) is 0 Å². The number of aliphatic hydroxyl groups excluding tert-OH is 3. The van der Waals surface area contributed by atoms with Gasteiger partial charge in [0.25, 0.3) is 0 Å². The molecule has 1 aliphatic rings. The monoisotopic (exact) mass is 442 g/mol. The van der Waals surface area contributed by atoms with Crippen LogP contribution in [0.15, 0.2) is 12.2 Å². The van der Waals surface area contributed by atoms with Crippen LogP contribution in [0.4, 0.5) is 0 Å². The molecule has 0 spiro atoms. The predicted molar refractivity (Wildman–Crippen MR) is 127 cm³/mol. The second-order valence-corrected chi connectivity index (χ2v) is 9.14. The maximum atomic E-state index is 9.85. The summed E-state index contributed by atoms with van der Waals surface area (Å²) >= 11 is 0. The molecule has 0 aliphatic carbocycles. The number of hydrogen-bond acceptors (Lipinski definition) is 5. The quantitative estimate of drug-likeness (QED) is 0.176. The molecular formula is C26H50O5. The zero-order chi connectivity index (χ0) is 22.6. The topological polar surface area (TPSA) is 79.2 Å². The molecule has 3 N–H and O–H groups in total. The average molecular weight is 443 g/mol. The largest absolute Gasteiger partial charge is 0.388 e. The molecule has 1 fully saturated rings. The third kappa shape index (κ3) is 15.1. The van der Waals surface area contributed by atoms with Crippen LogP contribution in [0.1, 0.15) is 110 Å². The number of unbranched alkanes of at least 4 members (excludes halogenated alkanes) is 14. The summed E-state index contributed by atoms with van der Waals surface area (Å²) in [4.78, 5) is 0. The number of allylic oxidation sites excluding steroid dienone is 2. The second kappa shape index (κ2) is 20.2. The van der Waals surface area contributed by atoms with Crippen molar-refractivity contribution in [1.29, 1.82) is 0 Å². The molecule has 0 amide bonds. The zero-order valence-electron chi connectivity index (χ0n) is 20.1. The molecule has 0 unspecified atom stereocenters. The van der Waals surface area contributed by atoms with Crippen LogP contribution in [0.25, 0.3) is 0 Å². The Kier molecular flexibility index (Phi) is 18.6. The smallest absolute Gasteiger partial charge is 0.111 e. The van der Waals surface area contributed by atoms with Crippen molar-refractivity contribution in [2.75, 3.05) is 19.8 Å². The van der Waals surface area contributed by atoms with Crippen LogP contribution >= 0.6 is 0 Å². The minimum absolute atomic E-state index is 0.0434. The lowest BCUT2D eigenvalue weighted by Crippen LogP contribution is -2.54. The minimum Gasteiger partial charge on any atom is -0.388 e. The van der Waals surface area contributed by atoms with Gasteiger partial charge in [-0.1, -0.05) is 89.7 Å². The highest BCUT2D eigenvalue weighted by atomic mass is 16.6. The van der Waals surface area contributed by atoms with Crippen LogP contribution in [0.2, 0.25) is 0 Å². The third-order valence-electron chi connectivity index (χ3n) is 6.19. The van der Waals surface area contributed by atoms with Crippen molar-refractivity contribution in [2.24, 2.45) is 0 Å². The van der Waals surface area contributed by atoms with E-state index >= 15 is 0 Å². The SMILES string of the molecule is CCCCCCCC/C=C/CCCCCCCCCCOC[C@H]1OC[C@H](O)[C@@H](O)[C@@H]1O. The van der Waals surface area contributed by atoms with Gasteiger partial charge in [-0.25, -0.2) is 0 Å². The van der Waals surface area contributed by atoms with E-state index in [1.807, 2.05) is 0 Å². The van der Waals surface area contributed by atoms with E-state index in [1.165, 1.54) is 89.9 Å². The number of hydrogen-bond donors (Lipinski definition) is 3. The van der Waals surface area contributed by atoms with Crippen LogP contribution in [-0.4, -0.2) is 59.6 Å². The van der Waals surface area contributed by atoms with Crippen LogP contribution < -0.4 is 0 Å². The average Bonchev–Trinajstić information content (AvgIpc) is 2.77. The summed E-state index contributed by atoms with van der Waals surface area (Å²) < 4.78 is 10.9. The highest BCUT2D eigenvalue weighted by molar-refractivity contribution is 4.86. The molecule has 1 heterocycles. The normalized spacial score (nSPS) is 24.3. The number of rotatable bonds is 20. The molecule has 1 saturated heterocycles. The van der Waals surface area contributed by atoms with Crippen LogP contribution in [-0.2, 0) is 9.47 Å². The predicted octanol–water partition coefficient (Wildman–Crippen LogP) is 5.30. The van der Waals surface area contributed by atoms with E-state index in [2.05, 4.69) is 19.1 Å². The van der Waals surface area contributed by atoms with Gasteiger partial charge in [-0.05, 0) is 32.1 Å². The van der Waals surface area contributed by atoms with E-state index in [1.54, 1.807) is 0 Å². The second-order valence-electron chi connectivity index (χ2n) is 9.14. The first-order valence-electron chi connectivity index (χ1n) is 13.0. The lowest BCUT2D eigenvalue weighted by atomic mass is 10.0. The van der Waals surface area contributed by atoms with Gasteiger partial charge in [0.05, 0.1) is 13.2 Å². The van der Waals surface area contributed by atoms with Crippen molar-refractivity contribution in [3.63, 3.8) is 0 Å². The number of aliphatic hydroxyl groups is 3. The Morgan fingerprint density at radius 3 is 1.81 bits per heavy atom. The molecule has 0 aromatic carbocycles. The maximum Gasteiger partial charge on any atom is 0.111 e. The Labute approximate surface area is 191 Å². The zero-order valence-corrected chi connectivity index (χ0v) is 20.1. The molecule has 31 heavy (non-hydrogen) atoms. The van der Waals surface area contributed by atoms with E-state index in [9.17, 15) is 15.3 Å². The first-order chi connectivity index (χ1) is 15.2. The van der Waals surface area contributed by atoms with Crippen LogP contribution in [0.3, 0.4) is 0 Å². The Bertz CT molecular complexity index is 415. The van der Waals surface area contributed by atoms with Gasteiger partial charge in [0.1, 0.15) is 24.4 Å². The molecule has 1 aliphatic heterocycles. The molecule has 1 rings (SSSR count). The lowest BCUT2D eigenvalue weighted by molar-refractivity contribution is -0.199. The van der Waals surface area contributed by atoms with Crippen LogP contribution in [0, 0.1) is 0 Å². The first-order valence-corrected chi connectivity index (χ1v) is 13.0. The summed E-state index contributed by atoms with van der Waals surface area (Å²) in [6.07, 6.45) is 21.8.